The van der Waals surface area contributed by atoms with Gasteiger partial charge in [-0.25, -0.2) is 4.79 Å². The molecule has 0 aromatic heterocycles. The fraction of sp³-hybridized carbons (Fsp3) is 0.143. The predicted molar refractivity (Wildman–Crippen MR) is 65.4 cm³/mol. The van der Waals surface area contributed by atoms with Crippen LogP contribution in [0.25, 0.3) is 11.1 Å². The molecule has 0 fully saturated rings. The standard InChI is InChI=1S/C14H11NO3/c1-2-18-14(17)12-10-7-5-3-4-6-9(10)11(8-15)13(12)16/h3-7,16H,2H2,1H3/i3D. The molecule has 1 N–H and O–H groups in total. The Labute approximate surface area is 106 Å². The minimum absolute atomic E-state index is 0.0219. The zero-order chi connectivity index (χ0) is 14.0. The van der Waals surface area contributed by atoms with Gasteiger partial charge in [-0.15, -0.1) is 0 Å². The van der Waals surface area contributed by atoms with Gasteiger partial charge >= 0.3 is 5.97 Å². The van der Waals surface area contributed by atoms with E-state index in [2.05, 4.69) is 0 Å². The number of hydrogen-bond donors (Lipinski definition) is 1. The molecule has 2 aliphatic carbocycles. The number of esters is 1. The lowest BCUT2D eigenvalue weighted by atomic mass is 10.1. The predicted octanol–water partition coefficient (Wildman–Crippen LogP) is 2.55. The van der Waals surface area contributed by atoms with Crippen LogP contribution in [0.5, 0.6) is 5.75 Å². The Kier molecular flexibility index (Phi) is 2.80. The Bertz CT molecular complexity index is 661. The van der Waals surface area contributed by atoms with Crippen LogP contribution in [0.1, 0.15) is 24.2 Å². The van der Waals surface area contributed by atoms with Crippen molar-refractivity contribution in [1.29, 1.82) is 5.26 Å². The van der Waals surface area contributed by atoms with E-state index in [4.69, 9.17) is 11.4 Å². The Morgan fingerprint density at radius 2 is 2.17 bits per heavy atom. The molecule has 0 amide bonds. The number of carbonyl (C=O) groups excluding carboxylic acids is 1. The number of aromatic hydroxyl groups is 1. The van der Waals surface area contributed by atoms with Gasteiger partial charge in [-0.3, -0.25) is 0 Å². The molecule has 18 heavy (non-hydrogen) atoms. The van der Waals surface area contributed by atoms with E-state index in [1.54, 1.807) is 13.0 Å². The van der Waals surface area contributed by atoms with E-state index < -0.39 is 5.97 Å². The largest absolute Gasteiger partial charge is 0.506 e. The highest BCUT2D eigenvalue weighted by atomic mass is 16.5. The normalized spacial score (nSPS) is 10.8. The Morgan fingerprint density at radius 3 is 2.78 bits per heavy atom. The second-order valence-electron chi connectivity index (χ2n) is 3.59. The first-order valence-electron chi connectivity index (χ1n) is 5.92. The number of carbonyl (C=O) groups is 1. The molecule has 4 nitrogen and oxygen atoms in total. The molecule has 0 bridgehead atoms. The molecule has 2 rings (SSSR count). The van der Waals surface area contributed by atoms with Gasteiger partial charge in [0, 0.05) is 11.1 Å². The zero-order valence-electron chi connectivity index (χ0n) is 10.7. The summed E-state index contributed by atoms with van der Waals surface area (Å²) in [6, 6.07) is 8.18. The number of ether oxygens (including phenoxy) is 1. The Hall–Kier alpha value is -2.54. The Balaban J connectivity index is 2.76. The van der Waals surface area contributed by atoms with E-state index in [-0.39, 0.29) is 29.5 Å². The number of nitriles is 1. The molecule has 90 valence electrons. The topological polar surface area (TPSA) is 70.3 Å². The Morgan fingerprint density at radius 1 is 1.50 bits per heavy atom. The van der Waals surface area contributed by atoms with E-state index in [0.29, 0.717) is 11.1 Å². The summed E-state index contributed by atoms with van der Waals surface area (Å²) in [4.78, 5) is 11.9. The lowest BCUT2D eigenvalue weighted by molar-refractivity contribution is 0.0524. The minimum Gasteiger partial charge on any atom is -0.506 e. The lowest BCUT2D eigenvalue weighted by Gasteiger charge is -2.01. The molecular formula is C14H11NO3. The van der Waals surface area contributed by atoms with Crippen LogP contribution < -0.4 is 0 Å². The summed E-state index contributed by atoms with van der Waals surface area (Å²) in [6.07, 6.45) is 0. The molecule has 0 spiro atoms. The lowest BCUT2D eigenvalue weighted by Crippen LogP contribution is -2.04. The van der Waals surface area contributed by atoms with Gasteiger partial charge in [0.1, 0.15) is 22.9 Å². The van der Waals surface area contributed by atoms with Crippen molar-refractivity contribution in [2.45, 2.75) is 6.92 Å². The minimum atomic E-state index is -0.677. The van der Waals surface area contributed by atoms with Crippen molar-refractivity contribution >= 4 is 5.97 Å². The monoisotopic (exact) mass is 242 g/mol. The van der Waals surface area contributed by atoms with Crippen molar-refractivity contribution in [3.8, 4) is 22.9 Å². The fourth-order valence-electron chi connectivity index (χ4n) is 1.84. The van der Waals surface area contributed by atoms with E-state index in [1.807, 2.05) is 6.07 Å². The molecule has 0 heterocycles. The number of rotatable bonds is 2. The smallest absolute Gasteiger partial charge is 0.342 e. The van der Waals surface area contributed by atoms with Gasteiger partial charge in [-0.05, 0) is 6.92 Å². The van der Waals surface area contributed by atoms with Crippen molar-refractivity contribution < 1.29 is 16.0 Å². The summed E-state index contributed by atoms with van der Waals surface area (Å²) < 4.78 is 12.4. The van der Waals surface area contributed by atoms with Crippen LogP contribution in [0.3, 0.4) is 0 Å². The maximum atomic E-state index is 11.9. The fourth-order valence-corrected chi connectivity index (χ4v) is 1.84. The number of fused-ring (bicyclic) bond motifs is 1. The summed E-state index contributed by atoms with van der Waals surface area (Å²) in [6.45, 7) is 1.84. The average Bonchev–Trinajstić information content (AvgIpc) is 2.51. The maximum absolute atomic E-state index is 11.9. The SMILES string of the molecule is [2H]c1ccc2c(C#N)c(O)c(C(=O)OCC)c-2cc1. The van der Waals surface area contributed by atoms with E-state index in [0.717, 1.165) is 0 Å². The summed E-state index contributed by atoms with van der Waals surface area (Å²) in [5, 5.41) is 19.1. The molecule has 0 radical (unpaired) electrons. The molecule has 0 unspecified atom stereocenters. The summed E-state index contributed by atoms with van der Waals surface area (Å²) in [5.74, 6) is -1.04. The molecule has 0 saturated heterocycles. The molecule has 0 saturated carbocycles. The van der Waals surface area contributed by atoms with E-state index >= 15 is 0 Å². The molecular weight excluding hydrogens is 230 g/mol. The van der Waals surface area contributed by atoms with E-state index in [9.17, 15) is 9.90 Å². The van der Waals surface area contributed by atoms with E-state index in [1.165, 1.54) is 18.2 Å². The average molecular weight is 242 g/mol. The summed E-state index contributed by atoms with van der Waals surface area (Å²) in [7, 11) is 0. The van der Waals surface area contributed by atoms with Crippen molar-refractivity contribution in [3.05, 3.63) is 41.4 Å². The highest BCUT2D eigenvalue weighted by Gasteiger charge is 2.27. The van der Waals surface area contributed by atoms with Crippen LogP contribution in [0.15, 0.2) is 30.3 Å². The van der Waals surface area contributed by atoms with Crippen LogP contribution in [0.4, 0.5) is 0 Å². The van der Waals surface area contributed by atoms with Crippen molar-refractivity contribution in [1.82, 2.24) is 0 Å². The molecule has 0 aliphatic heterocycles. The van der Waals surface area contributed by atoms with Crippen LogP contribution in [0, 0.1) is 11.3 Å². The summed E-state index contributed by atoms with van der Waals surface area (Å²) in [5.41, 5.74) is 0.838. The van der Waals surface area contributed by atoms with Crippen LogP contribution in [-0.4, -0.2) is 17.7 Å². The third-order valence-electron chi connectivity index (χ3n) is 2.59. The molecule has 0 aromatic rings. The van der Waals surface area contributed by atoms with Gasteiger partial charge in [-0.1, -0.05) is 30.3 Å². The zero-order valence-corrected chi connectivity index (χ0v) is 9.73. The van der Waals surface area contributed by atoms with Gasteiger partial charge < -0.3 is 9.84 Å². The van der Waals surface area contributed by atoms with Gasteiger partial charge in [0.25, 0.3) is 0 Å². The first kappa shape index (κ1) is 10.6. The van der Waals surface area contributed by atoms with Gasteiger partial charge in [0.15, 0.2) is 0 Å². The number of hydrogen-bond acceptors (Lipinski definition) is 4. The molecule has 4 heteroatoms. The van der Waals surface area contributed by atoms with Crippen molar-refractivity contribution in [2.75, 3.05) is 6.61 Å². The third-order valence-corrected chi connectivity index (χ3v) is 2.59. The number of nitrogens with zero attached hydrogens (tertiary/aromatic N) is 1. The first-order valence-corrected chi connectivity index (χ1v) is 5.42. The van der Waals surface area contributed by atoms with Crippen LogP contribution in [0.2, 0.25) is 0 Å². The molecule has 2 aliphatic rings. The summed E-state index contributed by atoms with van der Waals surface area (Å²) >= 11 is 0. The second-order valence-corrected chi connectivity index (χ2v) is 3.59. The second kappa shape index (κ2) is 4.76. The van der Waals surface area contributed by atoms with Crippen molar-refractivity contribution in [2.24, 2.45) is 0 Å². The highest BCUT2D eigenvalue weighted by molar-refractivity contribution is 6.04. The molecule has 0 atom stereocenters. The third kappa shape index (κ3) is 1.76. The van der Waals surface area contributed by atoms with Crippen LogP contribution >= 0.6 is 0 Å². The molecule has 0 aromatic carbocycles. The first-order chi connectivity index (χ1) is 9.10. The quantitative estimate of drug-likeness (QED) is 0.821. The van der Waals surface area contributed by atoms with Crippen molar-refractivity contribution in [3.63, 3.8) is 0 Å². The maximum Gasteiger partial charge on any atom is 0.342 e. The van der Waals surface area contributed by atoms with Crippen LogP contribution in [-0.2, 0) is 4.74 Å². The van der Waals surface area contributed by atoms with Gasteiger partial charge in [0.2, 0.25) is 0 Å². The van der Waals surface area contributed by atoms with Gasteiger partial charge in [0.05, 0.1) is 7.98 Å². The van der Waals surface area contributed by atoms with Gasteiger partial charge in [-0.2, -0.15) is 5.26 Å². The highest BCUT2D eigenvalue weighted by Crippen LogP contribution is 2.40.